The van der Waals surface area contributed by atoms with Crippen molar-refractivity contribution in [1.29, 1.82) is 0 Å². The Balaban J connectivity index is 1.84. The number of hydrogen-bond acceptors (Lipinski definition) is 4. The molecule has 0 saturated carbocycles. The number of benzene rings is 1. The van der Waals surface area contributed by atoms with E-state index in [0.717, 1.165) is 12.0 Å². The SMILES string of the molecule is CC(C)Cn1cc(C(=O)NC[C@@H]2OCCc3ccccc32)c(=O)c(C(=O)NC(C)C)c1. The maximum absolute atomic E-state index is 13.0. The summed E-state index contributed by atoms with van der Waals surface area (Å²) in [5.74, 6) is -0.698. The predicted octanol–water partition coefficient (Wildman–Crippen LogP) is 2.69. The smallest absolute Gasteiger partial charge is 0.256 e. The predicted molar refractivity (Wildman–Crippen MR) is 119 cm³/mol. The van der Waals surface area contributed by atoms with Crippen LogP contribution in [0.25, 0.3) is 0 Å². The summed E-state index contributed by atoms with van der Waals surface area (Å²) < 4.78 is 7.58. The highest BCUT2D eigenvalue weighted by atomic mass is 16.5. The number of hydrogen-bond donors (Lipinski definition) is 2. The third-order valence-electron chi connectivity index (χ3n) is 5.10. The minimum absolute atomic E-state index is 0.0266. The van der Waals surface area contributed by atoms with Crippen molar-refractivity contribution in [2.45, 2.75) is 52.8 Å². The second-order valence-electron chi connectivity index (χ2n) is 8.65. The molecule has 2 amide bonds. The van der Waals surface area contributed by atoms with Gasteiger partial charge in [-0.3, -0.25) is 14.4 Å². The van der Waals surface area contributed by atoms with Gasteiger partial charge in [0.2, 0.25) is 5.43 Å². The molecule has 1 aromatic carbocycles. The molecule has 0 bridgehead atoms. The zero-order valence-electron chi connectivity index (χ0n) is 18.6. The van der Waals surface area contributed by atoms with Crippen LogP contribution in [0.3, 0.4) is 0 Å². The molecule has 0 saturated heterocycles. The molecular weight excluding hydrogens is 394 g/mol. The van der Waals surface area contributed by atoms with Gasteiger partial charge in [0.15, 0.2) is 0 Å². The third kappa shape index (κ3) is 5.61. The molecule has 7 nitrogen and oxygen atoms in total. The molecule has 1 aliphatic heterocycles. The summed E-state index contributed by atoms with van der Waals surface area (Å²) in [4.78, 5) is 38.5. The molecule has 2 aromatic rings. The van der Waals surface area contributed by atoms with Gasteiger partial charge in [-0.2, -0.15) is 0 Å². The van der Waals surface area contributed by atoms with Gasteiger partial charge in [0.25, 0.3) is 11.8 Å². The lowest BCUT2D eigenvalue weighted by Crippen LogP contribution is -2.39. The lowest BCUT2D eigenvalue weighted by Gasteiger charge is -2.26. The first-order valence-corrected chi connectivity index (χ1v) is 10.8. The van der Waals surface area contributed by atoms with Gasteiger partial charge >= 0.3 is 0 Å². The molecule has 7 heteroatoms. The Morgan fingerprint density at radius 3 is 2.45 bits per heavy atom. The number of fused-ring (bicyclic) bond motifs is 1. The van der Waals surface area contributed by atoms with E-state index in [1.165, 1.54) is 18.0 Å². The number of ether oxygens (including phenoxy) is 1. The minimum Gasteiger partial charge on any atom is -0.371 e. The molecule has 0 fully saturated rings. The van der Waals surface area contributed by atoms with E-state index in [-0.39, 0.29) is 35.7 Å². The number of rotatable bonds is 7. The Morgan fingerprint density at radius 2 is 1.77 bits per heavy atom. The topological polar surface area (TPSA) is 89.4 Å². The largest absolute Gasteiger partial charge is 0.371 e. The number of nitrogens with zero attached hydrogens (tertiary/aromatic N) is 1. The van der Waals surface area contributed by atoms with Gasteiger partial charge in [0, 0.05) is 31.5 Å². The zero-order chi connectivity index (χ0) is 22.5. The van der Waals surface area contributed by atoms with Crippen LogP contribution in [0, 0.1) is 5.92 Å². The van der Waals surface area contributed by atoms with Crippen LogP contribution < -0.4 is 16.1 Å². The van der Waals surface area contributed by atoms with Gasteiger partial charge in [-0.15, -0.1) is 0 Å². The van der Waals surface area contributed by atoms with E-state index < -0.39 is 17.2 Å². The molecule has 0 spiro atoms. The number of aromatic nitrogens is 1. The van der Waals surface area contributed by atoms with Crippen molar-refractivity contribution in [3.8, 4) is 0 Å². The van der Waals surface area contributed by atoms with Crippen LogP contribution in [0.4, 0.5) is 0 Å². The fraction of sp³-hybridized carbons (Fsp3) is 0.458. The average Bonchev–Trinajstić information content (AvgIpc) is 2.72. The fourth-order valence-corrected chi connectivity index (χ4v) is 3.75. The molecule has 2 N–H and O–H groups in total. The highest BCUT2D eigenvalue weighted by molar-refractivity contribution is 5.99. The highest BCUT2D eigenvalue weighted by Crippen LogP contribution is 2.26. The molecular formula is C24H31N3O4. The van der Waals surface area contributed by atoms with Crippen LogP contribution in [0.2, 0.25) is 0 Å². The molecule has 31 heavy (non-hydrogen) atoms. The van der Waals surface area contributed by atoms with Gasteiger partial charge in [0.1, 0.15) is 17.2 Å². The van der Waals surface area contributed by atoms with E-state index in [4.69, 9.17) is 4.74 Å². The number of nitrogens with one attached hydrogen (secondary N) is 2. The van der Waals surface area contributed by atoms with E-state index in [0.29, 0.717) is 13.2 Å². The molecule has 0 radical (unpaired) electrons. The summed E-state index contributed by atoms with van der Waals surface area (Å²) in [5.41, 5.74) is 1.62. The Labute approximate surface area is 182 Å². The second-order valence-corrected chi connectivity index (χ2v) is 8.65. The summed E-state index contributed by atoms with van der Waals surface area (Å²) in [5, 5.41) is 5.57. The summed E-state index contributed by atoms with van der Waals surface area (Å²) in [6.07, 6.45) is 3.63. The van der Waals surface area contributed by atoms with Crippen molar-refractivity contribution in [2.24, 2.45) is 5.92 Å². The van der Waals surface area contributed by atoms with Gasteiger partial charge in [-0.05, 0) is 37.3 Å². The molecule has 0 aliphatic carbocycles. The van der Waals surface area contributed by atoms with Crippen molar-refractivity contribution >= 4 is 11.8 Å². The Bertz CT molecular complexity index is 1010. The summed E-state index contributed by atoms with van der Waals surface area (Å²) in [6.45, 7) is 9.13. The van der Waals surface area contributed by atoms with E-state index in [1.807, 2.05) is 45.9 Å². The molecule has 3 rings (SSSR count). The van der Waals surface area contributed by atoms with Crippen molar-refractivity contribution in [2.75, 3.05) is 13.2 Å². The zero-order valence-corrected chi connectivity index (χ0v) is 18.6. The summed E-state index contributed by atoms with van der Waals surface area (Å²) >= 11 is 0. The second kappa shape index (κ2) is 9.92. The van der Waals surface area contributed by atoms with Crippen LogP contribution in [0.5, 0.6) is 0 Å². The van der Waals surface area contributed by atoms with E-state index in [2.05, 4.69) is 16.7 Å². The number of carbonyl (C=O) groups excluding carboxylic acids is 2. The first-order valence-electron chi connectivity index (χ1n) is 10.8. The third-order valence-corrected chi connectivity index (χ3v) is 5.10. The highest BCUT2D eigenvalue weighted by Gasteiger charge is 2.24. The first kappa shape index (κ1) is 22.7. The fourth-order valence-electron chi connectivity index (χ4n) is 3.75. The van der Waals surface area contributed by atoms with Crippen LogP contribution >= 0.6 is 0 Å². The summed E-state index contributed by atoms with van der Waals surface area (Å²) in [6, 6.07) is 7.88. The number of carbonyl (C=O) groups is 2. The molecule has 1 aliphatic rings. The first-order chi connectivity index (χ1) is 14.8. The van der Waals surface area contributed by atoms with Crippen molar-refractivity contribution < 1.29 is 14.3 Å². The van der Waals surface area contributed by atoms with Gasteiger partial charge < -0.3 is 19.9 Å². The monoisotopic (exact) mass is 425 g/mol. The molecule has 1 aromatic heterocycles. The summed E-state index contributed by atoms with van der Waals surface area (Å²) in [7, 11) is 0. The molecule has 166 valence electrons. The molecule has 2 heterocycles. The maximum Gasteiger partial charge on any atom is 0.256 e. The Morgan fingerprint density at radius 1 is 1.10 bits per heavy atom. The lowest BCUT2D eigenvalue weighted by molar-refractivity contribution is 0.0411. The quantitative estimate of drug-likeness (QED) is 0.714. The minimum atomic E-state index is -0.569. The molecule has 0 unspecified atom stereocenters. The van der Waals surface area contributed by atoms with Crippen molar-refractivity contribution in [3.05, 3.63) is 69.1 Å². The van der Waals surface area contributed by atoms with Crippen molar-refractivity contribution in [3.63, 3.8) is 0 Å². The van der Waals surface area contributed by atoms with E-state index in [9.17, 15) is 14.4 Å². The van der Waals surface area contributed by atoms with E-state index >= 15 is 0 Å². The van der Waals surface area contributed by atoms with Crippen molar-refractivity contribution in [1.82, 2.24) is 15.2 Å². The lowest BCUT2D eigenvalue weighted by atomic mass is 9.97. The van der Waals surface area contributed by atoms with Crippen LogP contribution in [-0.4, -0.2) is 35.6 Å². The maximum atomic E-state index is 13.0. The standard InChI is InChI=1S/C24H31N3O4/c1-15(2)12-27-13-19(22(28)20(14-27)24(30)26-16(3)4)23(29)25-11-21-18-8-6-5-7-17(18)9-10-31-21/h5-8,13-16,21H,9-12H2,1-4H3,(H,25,29)(H,26,30)/t21-/m0/s1. The molecule has 1 atom stereocenters. The van der Waals surface area contributed by atoms with Gasteiger partial charge in [0.05, 0.1) is 6.61 Å². The number of amides is 2. The normalized spacial score (nSPS) is 15.6. The van der Waals surface area contributed by atoms with Crippen LogP contribution in [0.15, 0.2) is 41.5 Å². The van der Waals surface area contributed by atoms with Gasteiger partial charge in [-0.25, -0.2) is 0 Å². The number of pyridine rings is 1. The average molecular weight is 426 g/mol. The van der Waals surface area contributed by atoms with E-state index in [1.54, 1.807) is 4.57 Å². The van der Waals surface area contributed by atoms with Crippen LogP contribution in [-0.2, 0) is 17.7 Å². The Hall–Kier alpha value is -2.93. The Kier molecular flexibility index (Phi) is 7.28. The van der Waals surface area contributed by atoms with Crippen LogP contribution in [0.1, 0.15) is 65.6 Å². The van der Waals surface area contributed by atoms with Gasteiger partial charge in [-0.1, -0.05) is 38.1 Å².